The third-order valence-electron chi connectivity index (χ3n) is 6.17. The lowest BCUT2D eigenvalue weighted by Gasteiger charge is -2.33. The molecule has 1 atom stereocenters. The summed E-state index contributed by atoms with van der Waals surface area (Å²) < 4.78 is 6.06. The minimum absolute atomic E-state index is 0.0591. The molecule has 30 heavy (non-hydrogen) atoms. The lowest BCUT2D eigenvalue weighted by molar-refractivity contribution is 0.198. The number of likely N-dealkylation sites (tertiary alicyclic amines) is 1. The molecule has 2 aromatic rings. The first-order valence-corrected chi connectivity index (χ1v) is 11.1. The Bertz CT molecular complexity index is 875. The van der Waals surface area contributed by atoms with Crippen LogP contribution < -0.4 is 10.1 Å². The van der Waals surface area contributed by atoms with E-state index < -0.39 is 0 Å². The number of carbonyl (C=O) groups is 1. The van der Waals surface area contributed by atoms with Crippen molar-refractivity contribution in [2.75, 3.05) is 25.0 Å². The summed E-state index contributed by atoms with van der Waals surface area (Å²) in [6.07, 6.45) is 11.8. The molecule has 1 saturated heterocycles. The fourth-order valence-corrected chi connectivity index (χ4v) is 4.39. The number of nitrogens with zero attached hydrogens (tertiary/aromatic N) is 2. The van der Waals surface area contributed by atoms with Crippen molar-refractivity contribution in [2.45, 2.75) is 39.0 Å². The van der Waals surface area contributed by atoms with Crippen LogP contribution in [0.25, 0.3) is 6.08 Å². The summed E-state index contributed by atoms with van der Waals surface area (Å²) in [5, 5.41) is 2.93. The molecule has 1 unspecified atom stereocenters. The molecule has 1 saturated carbocycles. The van der Waals surface area contributed by atoms with E-state index in [1.54, 1.807) is 12.4 Å². The first-order valence-electron chi connectivity index (χ1n) is 11.1. The molecule has 158 valence electrons. The van der Waals surface area contributed by atoms with Crippen LogP contribution in [0.5, 0.6) is 5.75 Å². The predicted molar refractivity (Wildman–Crippen MR) is 120 cm³/mol. The van der Waals surface area contributed by atoms with E-state index in [2.05, 4.69) is 41.5 Å². The van der Waals surface area contributed by atoms with Gasteiger partial charge < -0.3 is 15.0 Å². The molecule has 2 aliphatic rings. The maximum atomic E-state index is 12.6. The first kappa shape index (κ1) is 20.5. The summed E-state index contributed by atoms with van der Waals surface area (Å²) >= 11 is 0. The molecule has 1 N–H and O–H groups in total. The third-order valence-corrected chi connectivity index (χ3v) is 6.17. The van der Waals surface area contributed by atoms with E-state index >= 15 is 0 Å². The highest BCUT2D eigenvalue weighted by molar-refractivity contribution is 5.89. The number of nitrogens with one attached hydrogen (secondary N) is 1. The molecule has 5 heteroatoms. The van der Waals surface area contributed by atoms with Gasteiger partial charge in [0.2, 0.25) is 0 Å². The van der Waals surface area contributed by atoms with Crippen molar-refractivity contribution in [1.82, 2.24) is 9.88 Å². The maximum absolute atomic E-state index is 12.6. The van der Waals surface area contributed by atoms with Gasteiger partial charge in [0.05, 0.1) is 18.5 Å². The van der Waals surface area contributed by atoms with Gasteiger partial charge in [-0.25, -0.2) is 4.79 Å². The highest BCUT2D eigenvalue weighted by atomic mass is 16.5. The van der Waals surface area contributed by atoms with Crippen LogP contribution in [-0.4, -0.2) is 35.6 Å². The van der Waals surface area contributed by atoms with Crippen LogP contribution >= 0.6 is 0 Å². The van der Waals surface area contributed by atoms with Gasteiger partial charge in [-0.2, -0.15) is 0 Å². The predicted octanol–water partition coefficient (Wildman–Crippen LogP) is 5.61. The van der Waals surface area contributed by atoms with Crippen LogP contribution in [0.15, 0.2) is 54.4 Å². The second kappa shape index (κ2) is 9.79. The summed E-state index contributed by atoms with van der Waals surface area (Å²) in [6.45, 7) is 4.46. The van der Waals surface area contributed by atoms with Gasteiger partial charge in [0, 0.05) is 19.3 Å². The second-order valence-electron chi connectivity index (χ2n) is 8.52. The van der Waals surface area contributed by atoms with E-state index in [0.717, 1.165) is 37.6 Å². The molecular formula is C25H31N3O2. The van der Waals surface area contributed by atoms with E-state index in [1.807, 2.05) is 23.1 Å². The fraction of sp³-hybridized carbons (Fsp3) is 0.440. The standard InChI is InChI=1S/C25H31N3O2/c1-19-17-28(25(29)27-23-9-5-12-26-16-23)13-11-22(19)14-21-8-4-10-24(15-21)30-18-20-6-2-3-7-20/h4-5,8-10,12,14-16,19-20H,2-3,6-7,11,13,17-18H2,1H3,(H,27,29)/b22-14+. The van der Waals surface area contributed by atoms with Crippen molar-refractivity contribution < 1.29 is 9.53 Å². The van der Waals surface area contributed by atoms with Crippen molar-refractivity contribution >= 4 is 17.8 Å². The van der Waals surface area contributed by atoms with Crippen LogP contribution in [-0.2, 0) is 0 Å². The Morgan fingerprint density at radius 3 is 2.90 bits per heavy atom. The number of pyridine rings is 1. The van der Waals surface area contributed by atoms with Crippen molar-refractivity contribution in [3.63, 3.8) is 0 Å². The maximum Gasteiger partial charge on any atom is 0.321 e. The number of rotatable bonds is 5. The minimum atomic E-state index is -0.0591. The van der Waals surface area contributed by atoms with Gasteiger partial charge in [-0.15, -0.1) is 0 Å². The Labute approximate surface area is 179 Å². The molecule has 0 bridgehead atoms. The minimum Gasteiger partial charge on any atom is -0.493 e. The normalized spacial score (nSPS) is 21.0. The molecule has 1 aliphatic heterocycles. The molecule has 0 spiro atoms. The largest absolute Gasteiger partial charge is 0.493 e. The Balaban J connectivity index is 1.33. The molecule has 0 radical (unpaired) electrons. The fourth-order valence-electron chi connectivity index (χ4n) is 4.39. The SMILES string of the molecule is CC1CN(C(=O)Nc2cccnc2)CC/C1=C\c1cccc(OCC2CCCC2)c1. The molecule has 2 amide bonds. The monoisotopic (exact) mass is 405 g/mol. The van der Waals surface area contributed by atoms with E-state index in [4.69, 9.17) is 4.74 Å². The molecule has 1 aromatic heterocycles. The molecule has 1 aromatic carbocycles. The Morgan fingerprint density at radius 2 is 2.13 bits per heavy atom. The lowest BCUT2D eigenvalue weighted by Crippen LogP contribution is -2.42. The lowest BCUT2D eigenvalue weighted by atomic mass is 9.91. The van der Waals surface area contributed by atoms with Gasteiger partial charge in [0.25, 0.3) is 0 Å². The quantitative estimate of drug-likeness (QED) is 0.704. The summed E-state index contributed by atoms with van der Waals surface area (Å²) in [5.41, 5.74) is 3.29. The molecule has 1 aliphatic carbocycles. The van der Waals surface area contributed by atoms with Crippen LogP contribution in [0.4, 0.5) is 10.5 Å². The Hall–Kier alpha value is -2.82. The van der Waals surface area contributed by atoms with Crippen LogP contribution in [0.3, 0.4) is 0 Å². The van der Waals surface area contributed by atoms with Gasteiger partial charge in [-0.1, -0.05) is 43.5 Å². The van der Waals surface area contributed by atoms with E-state index in [-0.39, 0.29) is 6.03 Å². The number of urea groups is 1. The summed E-state index contributed by atoms with van der Waals surface area (Å²) in [7, 11) is 0. The third kappa shape index (κ3) is 5.41. The number of aromatic nitrogens is 1. The Kier molecular flexibility index (Phi) is 6.67. The van der Waals surface area contributed by atoms with E-state index in [0.29, 0.717) is 11.8 Å². The van der Waals surface area contributed by atoms with E-state index in [1.165, 1.54) is 36.8 Å². The van der Waals surface area contributed by atoms with Crippen molar-refractivity contribution in [3.8, 4) is 5.75 Å². The zero-order valence-electron chi connectivity index (χ0n) is 17.7. The highest BCUT2D eigenvalue weighted by Crippen LogP contribution is 2.28. The number of ether oxygens (including phenoxy) is 1. The summed E-state index contributed by atoms with van der Waals surface area (Å²) in [5.74, 6) is 1.99. The number of piperidine rings is 1. The van der Waals surface area contributed by atoms with Crippen molar-refractivity contribution in [2.24, 2.45) is 11.8 Å². The number of carbonyl (C=O) groups excluding carboxylic acids is 1. The molecular weight excluding hydrogens is 374 g/mol. The average Bonchev–Trinajstić information content (AvgIpc) is 3.28. The van der Waals surface area contributed by atoms with Crippen LogP contribution in [0.2, 0.25) is 0 Å². The van der Waals surface area contributed by atoms with Crippen LogP contribution in [0.1, 0.15) is 44.6 Å². The number of amides is 2. The number of hydrogen-bond acceptors (Lipinski definition) is 3. The summed E-state index contributed by atoms with van der Waals surface area (Å²) in [6, 6.07) is 12.0. The van der Waals surface area contributed by atoms with E-state index in [9.17, 15) is 4.79 Å². The van der Waals surface area contributed by atoms with Crippen molar-refractivity contribution in [3.05, 3.63) is 59.9 Å². The second-order valence-corrected chi connectivity index (χ2v) is 8.52. The van der Waals surface area contributed by atoms with Gasteiger partial charge in [-0.3, -0.25) is 4.98 Å². The molecule has 4 rings (SSSR count). The zero-order chi connectivity index (χ0) is 20.8. The summed E-state index contributed by atoms with van der Waals surface area (Å²) in [4.78, 5) is 18.5. The topological polar surface area (TPSA) is 54.5 Å². The number of anilines is 1. The first-order chi connectivity index (χ1) is 14.7. The average molecular weight is 406 g/mol. The van der Waals surface area contributed by atoms with Gasteiger partial charge in [0.1, 0.15) is 5.75 Å². The number of hydrogen-bond donors (Lipinski definition) is 1. The van der Waals surface area contributed by atoms with Gasteiger partial charge >= 0.3 is 6.03 Å². The smallest absolute Gasteiger partial charge is 0.321 e. The van der Waals surface area contributed by atoms with Crippen LogP contribution in [0, 0.1) is 11.8 Å². The molecule has 2 fully saturated rings. The molecule has 2 heterocycles. The van der Waals surface area contributed by atoms with Gasteiger partial charge in [0.15, 0.2) is 0 Å². The molecule has 5 nitrogen and oxygen atoms in total. The van der Waals surface area contributed by atoms with Crippen molar-refractivity contribution in [1.29, 1.82) is 0 Å². The highest BCUT2D eigenvalue weighted by Gasteiger charge is 2.24. The zero-order valence-corrected chi connectivity index (χ0v) is 17.7. The number of benzene rings is 1. The Morgan fingerprint density at radius 1 is 1.27 bits per heavy atom. The van der Waals surface area contributed by atoms with Gasteiger partial charge in [-0.05, 0) is 60.9 Å².